The Morgan fingerprint density at radius 3 is 2.28 bits per heavy atom. The summed E-state index contributed by atoms with van der Waals surface area (Å²) in [5, 5.41) is 0. The van der Waals surface area contributed by atoms with Crippen LogP contribution in [-0.4, -0.2) is 71.2 Å². The fraction of sp³-hybridized carbons (Fsp3) is 0.929. The number of methoxy groups -OCH3 is 2. The third-order valence-electron chi connectivity index (χ3n) is 4.56. The van der Waals surface area contributed by atoms with Crippen molar-refractivity contribution in [1.82, 2.24) is 0 Å². The molecule has 146 valence electrons. The molecule has 0 radical (unpaired) electrons. The van der Waals surface area contributed by atoms with Gasteiger partial charge in [0.25, 0.3) is 0 Å². The third-order valence-corrected chi connectivity index (χ3v) is 5.55. The predicted molar refractivity (Wildman–Crippen MR) is 81.6 cm³/mol. The Labute approximate surface area is 146 Å². The van der Waals surface area contributed by atoms with E-state index < -0.39 is 45.8 Å². The standard InChI is InChI=1S/C14H24O10S/c1-7-20-11(15)12(2)10(23-25(16,17)24-12)9-8-21-13(3,18-5)14(4,19-6)22-9/h9-10H,7-8H2,1-6H3/t9-,10?,12?,13?,14?/m1/s1. The van der Waals surface area contributed by atoms with Crippen LogP contribution in [0.5, 0.6) is 0 Å². The molecule has 0 aromatic carbocycles. The van der Waals surface area contributed by atoms with Crippen molar-refractivity contribution in [2.45, 2.75) is 57.1 Å². The van der Waals surface area contributed by atoms with E-state index in [0.717, 1.165) is 0 Å². The molecule has 0 aromatic rings. The topological polar surface area (TPSA) is 116 Å². The van der Waals surface area contributed by atoms with Gasteiger partial charge < -0.3 is 23.7 Å². The molecule has 2 aliphatic heterocycles. The average Bonchev–Trinajstić information content (AvgIpc) is 2.81. The molecule has 2 saturated heterocycles. The largest absolute Gasteiger partial charge is 0.464 e. The maximum atomic E-state index is 12.3. The molecule has 2 rings (SSSR count). The van der Waals surface area contributed by atoms with Crippen molar-refractivity contribution in [3.8, 4) is 0 Å². The van der Waals surface area contributed by atoms with Gasteiger partial charge in [-0.15, -0.1) is 0 Å². The fourth-order valence-corrected chi connectivity index (χ4v) is 3.96. The van der Waals surface area contributed by atoms with Gasteiger partial charge in [0.2, 0.25) is 17.2 Å². The molecule has 2 heterocycles. The fourth-order valence-electron chi connectivity index (χ4n) is 2.77. The van der Waals surface area contributed by atoms with E-state index in [-0.39, 0.29) is 13.2 Å². The number of ether oxygens (including phenoxy) is 5. The highest BCUT2D eigenvalue weighted by molar-refractivity contribution is 7.82. The summed E-state index contributed by atoms with van der Waals surface area (Å²) in [7, 11) is -1.60. The third kappa shape index (κ3) is 3.42. The molecular weight excluding hydrogens is 360 g/mol. The molecule has 25 heavy (non-hydrogen) atoms. The van der Waals surface area contributed by atoms with Crippen molar-refractivity contribution in [3.05, 3.63) is 0 Å². The second kappa shape index (κ2) is 6.72. The minimum absolute atomic E-state index is 0.0457. The van der Waals surface area contributed by atoms with Crippen LogP contribution in [0.2, 0.25) is 0 Å². The maximum absolute atomic E-state index is 12.3. The first-order chi connectivity index (χ1) is 11.5. The Morgan fingerprint density at radius 1 is 1.16 bits per heavy atom. The van der Waals surface area contributed by atoms with Crippen molar-refractivity contribution < 1.29 is 45.3 Å². The van der Waals surface area contributed by atoms with Crippen LogP contribution in [-0.2, 0) is 47.2 Å². The quantitative estimate of drug-likeness (QED) is 0.605. The maximum Gasteiger partial charge on any atom is 0.401 e. The lowest BCUT2D eigenvalue weighted by atomic mass is 9.93. The molecule has 0 spiro atoms. The van der Waals surface area contributed by atoms with Gasteiger partial charge in [0.15, 0.2) is 0 Å². The van der Waals surface area contributed by atoms with E-state index in [2.05, 4.69) is 0 Å². The SMILES string of the molecule is CCOC(=O)C1(C)OS(=O)(=O)OC1[C@H]1COC(C)(OC)C(C)(OC)O1. The van der Waals surface area contributed by atoms with Gasteiger partial charge in [0, 0.05) is 14.2 Å². The van der Waals surface area contributed by atoms with E-state index >= 15 is 0 Å². The lowest BCUT2D eigenvalue weighted by Gasteiger charge is -2.50. The number of hydrogen-bond donors (Lipinski definition) is 0. The zero-order valence-electron chi connectivity index (χ0n) is 15.1. The second-order valence-corrected chi connectivity index (χ2v) is 7.28. The Hall–Kier alpha value is -0.820. The van der Waals surface area contributed by atoms with Crippen molar-refractivity contribution >= 4 is 16.4 Å². The van der Waals surface area contributed by atoms with Crippen LogP contribution in [0.1, 0.15) is 27.7 Å². The number of carbonyl (C=O) groups excluding carboxylic acids is 1. The number of carbonyl (C=O) groups is 1. The lowest BCUT2D eigenvalue weighted by molar-refractivity contribution is -0.437. The van der Waals surface area contributed by atoms with Crippen LogP contribution in [0, 0.1) is 0 Å². The molecule has 0 aromatic heterocycles. The van der Waals surface area contributed by atoms with E-state index in [9.17, 15) is 13.2 Å². The lowest BCUT2D eigenvalue weighted by Crippen LogP contribution is -2.66. The molecule has 5 atom stereocenters. The van der Waals surface area contributed by atoms with Gasteiger partial charge in [-0.2, -0.15) is 8.42 Å². The Balaban J connectivity index is 2.34. The van der Waals surface area contributed by atoms with E-state index in [1.54, 1.807) is 20.8 Å². The number of esters is 1. The highest BCUT2D eigenvalue weighted by Gasteiger charge is 2.64. The molecular formula is C14H24O10S. The van der Waals surface area contributed by atoms with Crippen LogP contribution in [0.15, 0.2) is 0 Å². The van der Waals surface area contributed by atoms with Gasteiger partial charge in [0.1, 0.15) is 12.2 Å². The molecule has 2 fully saturated rings. The van der Waals surface area contributed by atoms with Gasteiger partial charge in [0.05, 0.1) is 13.2 Å². The zero-order valence-corrected chi connectivity index (χ0v) is 15.9. The Kier molecular flexibility index (Phi) is 5.51. The summed E-state index contributed by atoms with van der Waals surface area (Å²) < 4.78 is 60.6. The summed E-state index contributed by atoms with van der Waals surface area (Å²) in [6.07, 6.45) is -2.33. The van der Waals surface area contributed by atoms with Crippen molar-refractivity contribution in [2.24, 2.45) is 0 Å². The van der Waals surface area contributed by atoms with Gasteiger partial charge in [-0.25, -0.2) is 13.2 Å². The highest BCUT2D eigenvalue weighted by Crippen LogP contribution is 2.42. The minimum Gasteiger partial charge on any atom is -0.464 e. The van der Waals surface area contributed by atoms with Gasteiger partial charge in [-0.3, -0.25) is 0 Å². The van der Waals surface area contributed by atoms with Crippen molar-refractivity contribution in [3.63, 3.8) is 0 Å². The smallest absolute Gasteiger partial charge is 0.401 e. The van der Waals surface area contributed by atoms with Gasteiger partial charge in [-0.1, -0.05) is 0 Å². The monoisotopic (exact) mass is 384 g/mol. The normalized spacial score (nSPS) is 43.8. The molecule has 11 heteroatoms. The van der Waals surface area contributed by atoms with E-state index in [1.807, 2.05) is 0 Å². The first-order valence-electron chi connectivity index (χ1n) is 7.70. The van der Waals surface area contributed by atoms with Crippen molar-refractivity contribution in [1.29, 1.82) is 0 Å². The molecule has 0 saturated carbocycles. The summed E-state index contributed by atoms with van der Waals surface area (Å²) in [5.74, 6) is -3.53. The molecule has 0 N–H and O–H groups in total. The summed E-state index contributed by atoms with van der Waals surface area (Å²) >= 11 is 0. The second-order valence-electron chi connectivity index (χ2n) is 6.10. The molecule has 0 bridgehead atoms. The highest BCUT2D eigenvalue weighted by atomic mass is 32.3. The zero-order chi connectivity index (χ0) is 19.1. The first kappa shape index (κ1) is 20.5. The molecule has 0 amide bonds. The van der Waals surface area contributed by atoms with Crippen LogP contribution >= 0.6 is 0 Å². The Bertz CT molecular complexity index is 621. The van der Waals surface area contributed by atoms with Crippen LogP contribution in [0.3, 0.4) is 0 Å². The van der Waals surface area contributed by atoms with E-state index in [0.29, 0.717) is 0 Å². The summed E-state index contributed by atoms with van der Waals surface area (Å²) in [6.45, 7) is 5.95. The molecule has 10 nitrogen and oxygen atoms in total. The van der Waals surface area contributed by atoms with Crippen LogP contribution in [0.25, 0.3) is 0 Å². The molecule has 0 aliphatic carbocycles. The minimum atomic E-state index is -4.40. The van der Waals surface area contributed by atoms with Gasteiger partial charge >= 0.3 is 16.4 Å². The summed E-state index contributed by atoms with van der Waals surface area (Å²) in [6, 6.07) is 0. The summed E-state index contributed by atoms with van der Waals surface area (Å²) in [4.78, 5) is 12.3. The van der Waals surface area contributed by atoms with Gasteiger partial charge in [-0.05, 0) is 27.7 Å². The first-order valence-corrected chi connectivity index (χ1v) is 9.03. The average molecular weight is 384 g/mol. The number of hydrogen-bond acceptors (Lipinski definition) is 10. The van der Waals surface area contributed by atoms with E-state index in [4.69, 9.17) is 32.1 Å². The Morgan fingerprint density at radius 2 is 1.76 bits per heavy atom. The predicted octanol–water partition coefficient (Wildman–Crippen LogP) is 0.109. The molecule has 2 aliphatic rings. The van der Waals surface area contributed by atoms with Crippen molar-refractivity contribution in [2.75, 3.05) is 27.4 Å². The number of rotatable bonds is 5. The van der Waals surface area contributed by atoms with E-state index in [1.165, 1.54) is 21.1 Å². The van der Waals surface area contributed by atoms with Crippen LogP contribution < -0.4 is 0 Å². The molecule has 4 unspecified atom stereocenters. The van der Waals surface area contributed by atoms with Crippen LogP contribution in [0.4, 0.5) is 0 Å². The summed E-state index contributed by atoms with van der Waals surface area (Å²) in [5.41, 5.74) is -1.92.